The number of hydrogen-bond acceptors (Lipinski definition) is 5. The number of rotatable bonds is 7. The molecule has 0 atom stereocenters. The summed E-state index contributed by atoms with van der Waals surface area (Å²) in [6, 6.07) is 28.4. The van der Waals surface area contributed by atoms with E-state index in [1.165, 1.54) is 28.6 Å². The molecule has 0 aliphatic rings. The van der Waals surface area contributed by atoms with E-state index in [1.54, 1.807) is 42.5 Å². The molecule has 0 aliphatic heterocycles. The molecule has 0 saturated carbocycles. The zero-order valence-electron chi connectivity index (χ0n) is 19.4. The zero-order valence-corrected chi connectivity index (χ0v) is 20.2. The highest BCUT2D eigenvalue weighted by Gasteiger charge is 2.30. The van der Waals surface area contributed by atoms with Crippen LogP contribution in [0.15, 0.2) is 108 Å². The molecule has 0 N–H and O–H groups in total. The molecule has 0 unspecified atom stereocenters. The Morgan fingerprint density at radius 2 is 1.39 bits per heavy atom. The van der Waals surface area contributed by atoms with Crippen LogP contribution in [0.3, 0.4) is 0 Å². The Morgan fingerprint density at radius 1 is 0.778 bits per heavy atom. The van der Waals surface area contributed by atoms with E-state index in [0.717, 1.165) is 11.1 Å². The molecular formula is C28H22FN3O3S. The van der Waals surface area contributed by atoms with E-state index in [1.807, 2.05) is 43.3 Å². The summed E-state index contributed by atoms with van der Waals surface area (Å²) in [4.78, 5) is 9.39. The number of hydrogen-bond donors (Lipinski definition) is 0. The lowest BCUT2D eigenvalue weighted by molar-refractivity contribution is 0.461. The van der Waals surface area contributed by atoms with Gasteiger partial charge in [-0.25, -0.2) is 27.1 Å². The summed E-state index contributed by atoms with van der Waals surface area (Å²) >= 11 is 0. The maximum Gasteiger partial charge on any atom is 0.265 e. The van der Waals surface area contributed by atoms with Gasteiger partial charge in [0.25, 0.3) is 15.9 Å². The Morgan fingerprint density at radius 3 is 2.06 bits per heavy atom. The Kier molecular flexibility index (Phi) is 6.35. The van der Waals surface area contributed by atoms with Gasteiger partial charge in [-0.05, 0) is 61.0 Å². The normalized spacial score (nSPS) is 11.4. The first-order chi connectivity index (χ1) is 17.4. The van der Waals surface area contributed by atoms with E-state index < -0.39 is 15.8 Å². The highest BCUT2D eigenvalue weighted by Crippen LogP contribution is 2.35. The van der Waals surface area contributed by atoms with Gasteiger partial charge in [0.2, 0.25) is 5.82 Å². The van der Waals surface area contributed by atoms with Gasteiger partial charge in [-0.1, -0.05) is 60.2 Å². The molecule has 5 aromatic rings. The second-order valence-electron chi connectivity index (χ2n) is 8.21. The number of aryl methyl sites for hydroxylation is 1. The molecule has 1 aromatic heterocycles. The van der Waals surface area contributed by atoms with Crippen molar-refractivity contribution >= 4 is 26.9 Å². The Hall–Kier alpha value is -4.30. The summed E-state index contributed by atoms with van der Waals surface area (Å²) in [5.74, 6) is -0.0937. The van der Waals surface area contributed by atoms with Crippen LogP contribution in [0.5, 0.6) is 11.6 Å². The number of aromatic nitrogens is 2. The molecule has 1 heterocycles. The summed E-state index contributed by atoms with van der Waals surface area (Å²) in [7, 11) is -4.07. The highest BCUT2D eigenvalue weighted by molar-refractivity contribution is 7.92. The minimum atomic E-state index is -4.07. The Bertz CT molecular complexity index is 1610. The maximum atomic E-state index is 14.0. The van der Waals surface area contributed by atoms with Crippen LogP contribution in [0.4, 0.5) is 10.2 Å². The lowest BCUT2D eigenvalue weighted by Gasteiger charge is -2.25. The second kappa shape index (κ2) is 9.75. The molecule has 6 nitrogen and oxygen atoms in total. The first kappa shape index (κ1) is 23.4. The monoisotopic (exact) mass is 499 g/mol. The van der Waals surface area contributed by atoms with E-state index in [9.17, 15) is 12.8 Å². The lowest BCUT2D eigenvalue weighted by Crippen LogP contribution is -2.32. The number of para-hydroxylation sites is 2. The standard InChI is InChI=1S/C28H22FN3O3S/c1-20-11-17-24(18-12-20)36(33,34)32(19-21-7-3-2-4-8-21)27-28(35-23-15-13-22(29)14-16-23)31-26-10-6-5-9-25(26)30-27/h2-18H,19H2,1H3. The van der Waals surface area contributed by atoms with Crippen LogP contribution in [0, 0.1) is 12.7 Å². The number of halogens is 1. The van der Waals surface area contributed by atoms with Crippen molar-refractivity contribution < 1.29 is 17.5 Å². The number of sulfonamides is 1. The number of anilines is 1. The van der Waals surface area contributed by atoms with E-state index in [0.29, 0.717) is 16.8 Å². The summed E-state index contributed by atoms with van der Waals surface area (Å²) in [5, 5.41) is 0. The Labute approximate surface area is 208 Å². The predicted molar refractivity (Wildman–Crippen MR) is 137 cm³/mol. The minimum Gasteiger partial charge on any atom is -0.436 e. The molecule has 0 radical (unpaired) electrons. The quantitative estimate of drug-likeness (QED) is 0.264. The van der Waals surface area contributed by atoms with Crippen LogP contribution < -0.4 is 9.04 Å². The van der Waals surface area contributed by atoms with Crippen LogP contribution in [-0.2, 0) is 16.6 Å². The number of fused-ring (bicyclic) bond motifs is 1. The molecule has 36 heavy (non-hydrogen) atoms. The molecule has 0 aliphatic carbocycles. The number of benzene rings is 4. The van der Waals surface area contributed by atoms with Gasteiger partial charge in [0, 0.05) is 0 Å². The zero-order chi connectivity index (χ0) is 25.1. The SMILES string of the molecule is Cc1ccc(S(=O)(=O)N(Cc2ccccc2)c2nc3ccccc3nc2Oc2ccc(F)cc2)cc1. The van der Waals surface area contributed by atoms with E-state index in [-0.39, 0.29) is 23.1 Å². The number of ether oxygens (including phenoxy) is 1. The van der Waals surface area contributed by atoms with Crippen molar-refractivity contribution in [3.63, 3.8) is 0 Å². The predicted octanol–water partition coefficient (Wildman–Crippen LogP) is 6.27. The Balaban J connectivity index is 1.70. The van der Waals surface area contributed by atoms with Crippen LogP contribution >= 0.6 is 0 Å². The maximum absolute atomic E-state index is 14.0. The van der Waals surface area contributed by atoms with Gasteiger partial charge >= 0.3 is 0 Å². The van der Waals surface area contributed by atoms with Gasteiger partial charge < -0.3 is 4.74 Å². The third-order valence-electron chi connectivity index (χ3n) is 5.56. The largest absolute Gasteiger partial charge is 0.436 e. The van der Waals surface area contributed by atoms with E-state index >= 15 is 0 Å². The minimum absolute atomic E-state index is 0.00382. The summed E-state index contributed by atoms with van der Waals surface area (Å²) in [6.07, 6.45) is 0. The third-order valence-corrected chi connectivity index (χ3v) is 7.31. The van der Waals surface area contributed by atoms with Gasteiger partial charge in [-0.2, -0.15) is 0 Å². The smallest absolute Gasteiger partial charge is 0.265 e. The molecule has 180 valence electrons. The van der Waals surface area contributed by atoms with Gasteiger partial charge in [0.05, 0.1) is 22.5 Å². The van der Waals surface area contributed by atoms with Gasteiger partial charge in [0.15, 0.2) is 0 Å². The molecule has 0 bridgehead atoms. The van der Waals surface area contributed by atoms with Crippen molar-refractivity contribution in [3.05, 3.63) is 120 Å². The summed E-state index contributed by atoms with van der Waals surface area (Å²) in [5.41, 5.74) is 2.74. The molecule has 0 fully saturated rings. The van der Waals surface area contributed by atoms with Crippen LogP contribution in [0.1, 0.15) is 11.1 Å². The van der Waals surface area contributed by atoms with Crippen LogP contribution in [0.25, 0.3) is 11.0 Å². The third kappa shape index (κ3) is 4.89. The second-order valence-corrected chi connectivity index (χ2v) is 10.1. The molecule has 5 rings (SSSR count). The molecule has 0 saturated heterocycles. The van der Waals surface area contributed by atoms with Crippen molar-refractivity contribution in [2.45, 2.75) is 18.4 Å². The average molecular weight is 500 g/mol. The van der Waals surface area contributed by atoms with Crippen molar-refractivity contribution in [2.75, 3.05) is 4.31 Å². The van der Waals surface area contributed by atoms with Crippen molar-refractivity contribution in [1.82, 2.24) is 9.97 Å². The lowest BCUT2D eigenvalue weighted by atomic mass is 10.2. The van der Waals surface area contributed by atoms with Gasteiger partial charge in [-0.15, -0.1) is 0 Å². The molecular weight excluding hydrogens is 477 g/mol. The average Bonchev–Trinajstić information content (AvgIpc) is 2.89. The molecule has 0 spiro atoms. The van der Waals surface area contributed by atoms with Crippen molar-refractivity contribution in [1.29, 1.82) is 0 Å². The highest BCUT2D eigenvalue weighted by atomic mass is 32.2. The fourth-order valence-electron chi connectivity index (χ4n) is 3.68. The fraction of sp³-hybridized carbons (Fsp3) is 0.0714. The van der Waals surface area contributed by atoms with Crippen molar-refractivity contribution in [3.8, 4) is 11.6 Å². The van der Waals surface area contributed by atoms with E-state index in [2.05, 4.69) is 9.97 Å². The summed E-state index contributed by atoms with van der Waals surface area (Å²) < 4.78 is 48.7. The topological polar surface area (TPSA) is 72.4 Å². The molecule has 4 aromatic carbocycles. The first-order valence-corrected chi connectivity index (χ1v) is 12.7. The number of nitrogens with zero attached hydrogens (tertiary/aromatic N) is 3. The molecule has 8 heteroatoms. The van der Waals surface area contributed by atoms with Gasteiger partial charge in [-0.3, -0.25) is 0 Å². The molecule has 0 amide bonds. The fourth-order valence-corrected chi connectivity index (χ4v) is 5.08. The van der Waals surface area contributed by atoms with Crippen molar-refractivity contribution in [2.24, 2.45) is 0 Å². The summed E-state index contributed by atoms with van der Waals surface area (Å²) in [6.45, 7) is 1.89. The van der Waals surface area contributed by atoms with E-state index in [4.69, 9.17) is 4.74 Å². The van der Waals surface area contributed by atoms with Crippen LogP contribution in [0.2, 0.25) is 0 Å². The van der Waals surface area contributed by atoms with Gasteiger partial charge in [0.1, 0.15) is 11.6 Å². The first-order valence-electron chi connectivity index (χ1n) is 11.2. The van der Waals surface area contributed by atoms with Crippen LogP contribution in [-0.4, -0.2) is 18.4 Å².